The number of anilines is 2. The summed E-state index contributed by atoms with van der Waals surface area (Å²) in [6.45, 7) is 0.698. The number of hydrogen-bond donors (Lipinski definition) is 2. The molecule has 0 saturated heterocycles. The first kappa shape index (κ1) is 17.1. The molecule has 8 heteroatoms. The minimum absolute atomic E-state index is 0.210. The van der Waals surface area contributed by atoms with Gasteiger partial charge in [-0.1, -0.05) is 6.07 Å². The van der Waals surface area contributed by atoms with Crippen LogP contribution in [0.4, 0.5) is 11.5 Å². The van der Waals surface area contributed by atoms with E-state index in [4.69, 9.17) is 9.72 Å². The van der Waals surface area contributed by atoms with Crippen LogP contribution in [0.2, 0.25) is 0 Å². The molecule has 0 saturated carbocycles. The molecular formula is C21H16N6O2. The van der Waals surface area contributed by atoms with Gasteiger partial charge in [0.25, 0.3) is 5.56 Å². The maximum atomic E-state index is 12.5. The van der Waals surface area contributed by atoms with Crippen molar-refractivity contribution in [2.45, 2.75) is 6.54 Å². The van der Waals surface area contributed by atoms with Crippen molar-refractivity contribution in [1.82, 2.24) is 19.9 Å². The third-order valence-corrected chi connectivity index (χ3v) is 4.76. The van der Waals surface area contributed by atoms with Crippen LogP contribution in [0, 0.1) is 0 Å². The summed E-state index contributed by atoms with van der Waals surface area (Å²) in [5, 5.41) is 4.54. The molecule has 0 amide bonds. The molecule has 1 aliphatic rings. The number of pyridine rings is 2. The second kappa shape index (κ2) is 6.83. The summed E-state index contributed by atoms with van der Waals surface area (Å²) in [7, 11) is 1.51. The first-order chi connectivity index (χ1) is 14.2. The largest absolute Gasteiger partial charge is 0.467 e. The highest BCUT2D eigenvalue weighted by atomic mass is 16.5. The number of aromatic amines is 1. The van der Waals surface area contributed by atoms with Crippen molar-refractivity contribution in [3.63, 3.8) is 0 Å². The van der Waals surface area contributed by atoms with Crippen molar-refractivity contribution in [2.75, 3.05) is 12.4 Å². The number of nitrogens with zero attached hydrogens (tertiary/aromatic N) is 4. The lowest BCUT2D eigenvalue weighted by molar-refractivity contribution is 0.380. The average Bonchev–Trinajstić information content (AvgIpc) is 3.21. The second-order valence-corrected chi connectivity index (χ2v) is 6.59. The maximum absolute atomic E-state index is 12.5. The summed E-state index contributed by atoms with van der Waals surface area (Å²) < 4.78 is 5.02. The Morgan fingerprint density at radius 3 is 2.83 bits per heavy atom. The number of benzene rings is 1. The summed E-state index contributed by atoms with van der Waals surface area (Å²) in [6, 6.07) is 9.95. The Bertz CT molecular complexity index is 1310. The fourth-order valence-electron chi connectivity index (χ4n) is 3.32. The van der Waals surface area contributed by atoms with E-state index in [9.17, 15) is 4.79 Å². The molecule has 2 N–H and O–H groups in total. The van der Waals surface area contributed by atoms with Crippen LogP contribution in [0.15, 0.2) is 58.7 Å². The Hall–Kier alpha value is -4.07. The predicted molar refractivity (Wildman–Crippen MR) is 111 cm³/mol. The molecule has 1 aliphatic heterocycles. The minimum atomic E-state index is -0.210. The second-order valence-electron chi connectivity index (χ2n) is 6.59. The van der Waals surface area contributed by atoms with Crippen LogP contribution in [-0.4, -0.2) is 33.3 Å². The molecule has 0 spiro atoms. The van der Waals surface area contributed by atoms with Gasteiger partial charge >= 0.3 is 6.01 Å². The third-order valence-electron chi connectivity index (χ3n) is 4.76. The van der Waals surface area contributed by atoms with Gasteiger partial charge in [0, 0.05) is 36.1 Å². The first-order valence-corrected chi connectivity index (χ1v) is 9.00. The average molecular weight is 384 g/mol. The Labute approximate surface area is 165 Å². The number of ether oxygens (including phenoxy) is 1. The van der Waals surface area contributed by atoms with Gasteiger partial charge in [-0.3, -0.25) is 9.79 Å². The van der Waals surface area contributed by atoms with Crippen molar-refractivity contribution in [3.05, 3.63) is 70.4 Å². The number of H-pyrrole nitrogens is 1. The van der Waals surface area contributed by atoms with Gasteiger partial charge in [0.2, 0.25) is 0 Å². The van der Waals surface area contributed by atoms with E-state index in [0.717, 1.165) is 22.2 Å². The topological polar surface area (TPSA) is 105 Å². The summed E-state index contributed by atoms with van der Waals surface area (Å²) in [4.78, 5) is 32.5. The molecule has 0 radical (unpaired) electrons. The monoisotopic (exact) mass is 384 g/mol. The van der Waals surface area contributed by atoms with Crippen LogP contribution < -0.4 is 15.6 Å². The lowest BCUT2D eigenvalue weighted by Crippen LogP contribution is -2.09. The highest BCUT2D eigenvalue weighted by Crippen LogP contribution is 2.28. The molecule has 4 aromatic rings. The molecule has 1 aromatic carbocycles. The number of aromatic nitrogens is 4. The fourth-order valence-corrected chi connectivity index (χ4v) is 3.32. The summed E-state index contributed by atoms with van der Waals surface area (Å²) in [5.74, 6) is 0.463. The molecule has 142 valence electrons. The zero-order chi connectivity index (χ0) is 19.8. The Morgan fingerprint density at radius 1 is 1.14 bits per heavy atom. The smallest absolute Gasteiger partial charge is 0.316 e. The number of aliphatic imine (C=N–C) groups is 1. The minimum Gasteiger partial charge on any atom is -0.467 e. The zero-order valence-electron chi connectivity index (χ0n) is 15.5. The van der Waals surface area contributed by atoms with Crippen molar-refractivity contribution in [1.29, 1.82) is 0 Å². The predicted octanol–water partition coefficient (Wildman–Crippen LogP) is 3.06. The molecule has 4 heterocycles. The van der Waals surface area contributed by atoms with E-state index in [0.29, 0.717) is 23.4 Å². The lowest BCUT2D eigenvalue weighted by atomic mass is 10.1. The van der Waals surface area contributed by atoms with Crippen LogP contribution in [0.1, 0.15) is 11.1 Å². The first-order valence-electron chi connectivity index (χ1n) is 9.00. The van der Waals surface area contributed by atoms with Gasteiger partial charge in [0.1, 0.15) is 5.82 Å². The van der Waals surface area contributed by atoms with Gasteiger partial charge in [0.15, 0.2) is 0 Å². The summed E-state index contributed by atoms with van der Waals surface area (Å²) in [6.07, 6.45) is 6.75. The normalized spacial score (nSPS) is 12.2. The number of nitrogens with one attached hydrogen (secondary N) is 2. The van der Waals surface area contributed by atoms with Crippen LogP contribution in [-0.2, 0) is 6.54 Å². The van der Waals surface area contributed by atoms with Crippen LogP contribution in [0.5, 0.6) is 6.01 Å². The fraction of sp³-hybridized carbons (Fsp3) is 0.0952. The van der Waals surface area contributed by atoms with Crippen LogP contribution in [0.3, 0.4) is 0 Å². The van der Waals surface area contributed by atoms with Gasteiger partial charge in [-0.05, 0) is 40.8 Å². The number of methoxy groups -OCH3 is 1. The molecule has 0 bridgehead atoms. The summed E-state index contributed by atoms with van der Waals surface area (Å²) >= 11 is 0. The number of rotatable bonds is 4. The van der Waals surface area contributed by atoms with Crippen LogP contribution in [0.25, 0.3) is 22.0 Å². The zero-order valence-corrected chi connectivity index (χ0v) is 15.5. The molecule has 0 atom stereocenters. The Balaban J connectivity index is 1.64. The third kappa shape index (κ3) is 3.10. The van der Waals surface area contributed by atoms with Gasteiger partial charge in [0.05, 0.1) is 24.7 Å². The molecule has 0 fully saturated rings. The van der Waals surface area contributed by atoms with E-state index in [1.807, 2.05) is 36.5 Å². The standard InChI is InChI=1S/C21H16N6O2/c1-29-21-24-10-15(11-25-21)17-7-12-4-5-23-20(28)18(12)19(27-17)26-16-3-2-13-8-22-9-14(13)6-16/h2-7,9-11H,8H2,1H3,(H,23,28)(H,26,27). The van der Waals surface area contributed by atoms with Crippen molar-refractivity contribution in [2.24, 2.45) is 4.99 Å². The highest BCUT2D eigenvalue weighted by Gasteiger charge is 2.13. The Morgan fingerprint density at radius 2 is 2.00 bits per heavy atom. The quantitative estimate of drug-likeness (QED) is 0.560. The summed E-state index contributed by atoms with van der Waals surface area (Å²) in [5.41, 5.74) is 4.23. The Kier molecular flexibility index (Phi) is 4.02. The van der Waals surface area contributed by atoms with E-state index in [-0.39, 0.29) is 11.6 Å². The van der Waals surface area contributed by atoms with Crippen molar-refractivity contribution in [3.8, 4) is 17.3 Å². The van der Waals surface area contributed by atoms with E-state index in [2.05, 4.69) is 25.3 Å². The van der Waals surface area contributed by atoms with Gasteiger partial charge in [-0.25, -0.2) is 15.0 Å². The molecule has 5 rings (SSSR count). The van der Waals surface area contributed by atoms with Crippen molar-refractivity contribution < 1.29 is 4.74 Å². The molecule has 29 heavy (non-hydrogen) atoms. The number of hydrogen-bond acceptors (Lipinski definition) is 7. The highest BCUT2D eigenvalue weighted by molar-refractivity contribution is 5.95. The van der Waals surface area contributed by atoms with E-state index < -0.39 is 0 Å². The van der Waals surface area contributed by atoms with Gasteiger partial charge in [-0.15, -0.1) is 0 Å². The van der Waals surface area contributed by atoms with E-state index in [1.165, 1.54) is 12.7 Å². The van der Waals surface area contributed by atoms with E-state index >= 15 is 0 Å². The van der Waals surface area contributed by atoms with Crippen LogP contribution >= 0.6 is 0 Å². The van der Waals surface area contributed by atoms with Gasteiger partial charge in [-0.2, -0.15) is 0 Å². The lowest BCUT2D eigenvalue weighted by Gasteiger charge is -2.12. The molecule has 0 aliphatic carbocycles. The molecular weight excluding hydrogens is 368 g/mol. The number of fused-ring (bicyclic) bond motifs is 2. The molecule has 0 unspecified atom stereocenters. The van der Waals surface area contributed by atoms with E-state index in [1.54, 1.807) is 18.6 Å². The molecule has 3 aromatic heterocycles. The molecule has 8 nitrogen and oxygen atoms in total. The van der Waals surface area contributed by atoms with Crippen molar-refractivity contribution >= 4 is 28.5 Å². The van der Waals surface area contributed by atoms with Gasteiger partial charge < -0.3 is 15.0 Å². The SMILES string of the molecule is COc1ncc(-c2cc3cc[nH]c(=O)c3c(Nc3ccc4c(c3)C=NC4)n2)cn1. The maximum Gasteiger partial charge on any atom is 0.316 e.